The van der Waals surface area contributed by atoms with Crippen LogP contribution in [0.5, 0.6) is 0 Å². The number of hydrogen-bond donors (Lipinski definition) is 1. The molecule has 0 aliphatic carbocycles. The van der Waals surface area contributed by atoms with Crippen molar-refractivity contribution in [3.05, 3.63) is 16.4 Å². The summed E-state index contributed by atoms with van der Waals surface area (Å²) >= 11 is 5.56. The molecule has 0 bridgehead atoms. The van der Waals surface area contributed by atoms with Crippen LogP contribution in [0.2, 0.25) is 5.15 Å². The van der Waals surface area contributed by atoms with Crippen molar-refractivity contribution in [2.24, 2.45) is 7.05 Å². The molecule has 0 aliphatic rings. The highest BCUT2D eigenvalue weighted by Crippen LogP contribution is 2.36. The molecule has 1 atom stereocenters. The van der Waals surface area contributed by atoms with Crippen LogP contribution < -0.4 is 0 Å². The molecule has 0 spiro atoms. The molecule has 80 valence electrons. The van der Waals surface area contributed by atoms with Gasteiger partial charge in [-0.3, -0.25) is 4.68 Å². The zero-order valence-electron chi connectivity index (χ0n) is 7.43. The SMILES string of the molecule is C[C@H](O)c1c(C(F)(F)F)nn(C)c1Cl. The lowest BCUT2D eigenvalue weighted by Gasteiger charge is -2.07. The summed E-state index contributed by atoms with van der Waals surface area (Å²) in [7, 11) is 1.28. The molecule has 1 rings (SSSR count). The molecule has 14 heavy (non-hydrogen) atoms. The Balaban J connectivity index is 3.37. The monoisotopic (exact) mass is 228 g/mol. The van der Waals surface area contributed by atoms with Gasteiger partial charge in [0.15, 0.2) is 5.69 Å². The lowest BCUT2D eigenvalue weighted by Crippen LogP contribution is -2.10. The van der Waals surface area contributed by atoms with Crippen molar-refractivity contribution in [2.75, 3.05) is 0 Å². The van der Waals surface area contributed by atoms with E-state index in [1.807, 2.05) is 0 Å². The molecule has 1 heterocycles. The Kier molecular flexibility index (Phi) is 2.78. The van der Waals surface area contributed by atoms with Crippen molar-refractivity contribution in [1.82, 2.24) is 9.78 Å². The van der Waals surface area contributed by atoms with Gasteiger partial charge in [-0.05, 0) is 6.92 Å². The second kappa shape index (κ2) is 3.43. The first-order valence-corrected chi connectivity index (χ1v) is 4.10. The third-order valence-corrected chi connectivity index (χ3v) is 2.15. The lowest BCUT2D eigenvalue weighted by molar-refractivity contribution is -0.142. The number of hydrogen-bond acceptors (Lipinski definition) is 2. The number of aromatic nitrogens is 2. The molecule has 0 aromatic carbocycles. The van der Waals surface area contributed by atoms with Gasteiger partial charge in [-0.1, -0.05) is 11.6 Å². The van der Waals surface area contributed by atoms with Crippen molar-refractivity contribution in [3.63, 3.8) is 0 Å². The van der Waals surface area contributed by atoms with Crippen LogP contribution in [-0.2, 0) is 13.2 Å². The van der Waals surface area contributed by atoms with Gasteiger partial charge in [0.25, 0.3) is 0 Å². The minimum Gasteiger partial charge on any atom is -0.389 e. The summed E-state index contributed by atoms with van der Waals surface area (Å²) in [4.78, 5) is 0. The standard InChI is InChI=1S/C7H8ClF3N2O/c1-3(14)4-5(7(9,10)11)12-13(2)6(4)8/h3,14H,1-2H3/t3-/m0/s1. The zero-order valence-corrected chi connectivity index (χ0v) is 8.19. The maximum atomic E-state index is 12.4. The van der Waals surface area contributed by atoms with Crippen LogP contribution >= 0.6 is 11.6 Å². The maximum absolute atomic E-state index is 12.4. The van der Waals surface area contributed by atoms with E-state index in [9.17, 15) is 13.2 Å². The smallest absolute Gasteiger partial charge is 0.389 e. The molecular formula is C7H8ClF3N2O. The molecule has 0 saturated heterocycles. The van der Waals surface area contributed by atoms with E-state index in [1.165, 1.54) is 14.0 Å². The fourth-order valence-corrected chi connectivity index (χ4v) is 1.38. The Bertz CT molecular complexity index is 345. The average Bonchev–Trinajstić information content (AvgIpc) is 2.27. The highest BCUT2D eigenvalue weighted by atomic mass is 35.5. The minimum atomic E-state index is -4.60. The summed E-state index contributed by atoms with van der Waals surface area (Å²) in [5.74, 6) is 0. The molecule has 0 fully saturated rings. The van der Waals surface area contributed by atoms with Gasteiger partial charge in [-0.15, -0.1) is 0 Å². The van der Waals surface area contributed by atoms with Crippen molar-refractivity contribution in [1.29, 1.82) is 0 Å². The van der Waals surface area contributed by atoms with Crippen LogP contribution in [0.1, 0.15) is 24.3 Å². The number of alkyl halides is 3. The number of aliphatic hydroxyl groups excluding tert-OH is 1. The van der Waals surface area contributed by atoms with Gasteiger partial charge in [0.1, 0.15) is 5.15 Å². The first-order chi connectivity index (χ1) is 6.25. The molecule has 1 N–H and O–H groups in total. The lowest BCUT2D eigenvalue weighted by atomic mass is 10.1. The molecule has 1 aromatic rings. The Morgan fingerprint density at radius 3 is 2.29 bits per heavy atom. The zero-order chi connectivity index (χ0) is 11.1. The first-order valence-electron chi connectivity index (χ1n) is 3.72. The molecule has 0 radical (unpaired) electrons. The third-order valence-electron chi connectivity index (χ3n) is 1.70. The Morgan fingerprint density at radius 2 is 2.00 bits per heavy atom. The Hall–Kier alpha value is -0.750. The number of halogens is 4. The molecule has 1 aromatic heterocycles. The summed E-state index contributed by atoms with van der Waals surface area (Å²) in [6.45, 7) is 1.21. The average molecular weight is 229 g/mol. The maximum Gasteiger partial charge on any atom is 0.435 e. The normalized spacial score (nSPS) is 14.5. The van der Waals surface area contributed by atoms with E-state index in [0.29, 0.717) is 0 Å². The van der Waals surface area contributed by atoms with Crippen molar-refractivity contribution >= 4 is 11.6 Å². The highest BCUT2D eigenvalue weighted by molar-refractivity contribution is 6.30. The summed E-state index contributed by atoms with van der Waals surface area (Å²) in [6, 6.07) is 0. The summed E-state index contributed by atoms with van der Waals surface area (Å²) < 4.78 is 38.0. The van der Waals surface area contributed by atoms with E-state index < -0.39 is 18.0 Å². The van der Waals surface area contributed by atoms with E-state index in [-0.39, 0.29) is 10.7 Å². The fourth-order valence-electron chi connectivity index (χ4n) is 1.10. The largest absolute Gasteiger partial charge is 0.435 e. The molecule has 0 saturated carbocycles. The summed E-state index contributed by atoms with van der Waals surface area (Å²) in [5.41, 5.74) is -1.53. The van der Waals surface area contributed by atoms with Crippen molar-refractivity contribution < 1.29 is 18.3 Å². The highest BCUT2D eigenvalue weighted by Gasteiger charge is 2.39. The Labute approximate surface area is 83.1 Å². The fraction of sp³-hybridized carbons (Fsp3) is 0.571. The number of rotatable bonds is 1. The van der Waals surface area contributed by atoms with Gasteiger partial charge in [-0.2, -0.15) is 18.3 Å². The van der Waals surface area contributed by atoms with Crippen LogP contribution in [0.15, 0.2) is 0 Å². The number of aryl methyl sites for hydroxylation is 1. The van der Waals surface area contributed by atoms with Crippen LogP contribution in [0, 0.1) is 0 Å². The van der Waals surface area contributed by atoms with E-state index in [1.54, 1.807) is 0 Å². The van der Waals surface area contributed by atoms with Gasteiger partial charge in [0, 0.05) is 12.6 Å². The summed E-state index contributed by atoms with van der Waals surface area (Å²) in [6.07, 6.45) is -5.90. The van der Waals surface area contributed by atoms with E-state index in [2.05, 4.69) is 5.10 Å². The second-order valence-corrected chi connectivity index (χ2v) is 3.21. The van der Waals surface area contributed by atoms with Crippen molar-refractivity contribution in [2.45, 2.75) is 19.2 Å². The predicted octanol–water partition coefficient (Wildman–Crippen LogP) is 2.15. The molecule has 0 amide bonds. The Morgan fingerprint density at radius 1 is 1.50 bits per heavy atom. The molecule has 0 aliphatic heterocycles. The molecule has 0 unspecified atom stereocenters. The van der Waals surface area contributed by atoms with Crippen LogP contribution in [0.4, 0.5) is 13.2 Å². The van der Waals surface area contributed by atoms with Crippen molar-refractivity contribution in [3.8, 4) is 0 Å². The van der Waals surface area contributed by atoms with E-state index in [4.69, 9.17) is 16.7 Å². The van der Waals surface area contributed by atoms with Crippen LogP contribution in [0.3, 0.4) is 0 Å². The molecule has 3 nitrogen and oxygen atoms in total. The summed E-state index contributed by atoms with van der Waals surface area (Å²) in [5, 5.41) is 12.1. The number of nitrogens with zero attached hydrogens (tertiary/aromatic N) is 2. The van der Waals surface area contributed by atoms with E-state index >= 15 is 0 Å². The van der Waals surface area contributed by atoms with Crippen LogP contribution in [-0.4, -0.2) is 14.9 Å². The topological polar surface area (TPSA) is 38.1 Å². The number of aliphatic hydroxyl groups is 1. The van der Waals surface area contributed by atoms with E-state index in [0.717, 1.165) is 4.68 Å². The minimum absolute atomic E-state index is 0.202. The second-order valence-electron chi connectivity index (χ2n) is 2.85. The van der Waals surface area contributed by atoms with Gasteiger partial charge < -0.3 is 5.11 Å². The molecule has 7 heteroatoms. The van der Waals surface area contributed by atoms with Gasteiger partial charge >= 0.3 is 6.18 Å². The van der Waals surface area contributed by atoms with Crippen LogP contribution in [0.25, 0.3) is 0 Å². The quantitative estimate of drug-likeness (QED) is 0.800. The molecular weight excluding hydrogens is 221 g/mol. The van der Waals surface area contributed by atoms with Gasteiger partial charge in [-0.25, -0.2) is 0 Å². The van der Waals surface area contributed by atoms with Gasteiger partial charge in [0.05, 0.1) is 6.10 Å². The first kappa shape index (κ1) is 11.3. The third kappa shape index (κ3) is 1.85. The van der Waals surface area contributed by atoms with Gasteiger partial charge in [0.2, 0.25) is 0 Å². The predicted molar refractivity (Wildman–Crippen MR) is 43.9 cm³/mol.